The molecule has 2 atom stereocenters. The molecule has 3 heterocycles. The molecule has 2 saturated heterocycles. The normalized spacial score (nSPS) is 31.6. The van der Waals surface area contributed by atoms with Gasteiger partial charge in [-0.15, -0.1) is 11.3 Å². The molecule has 0 amide bonds. The van der Waals surface area contributed by atoms with Gasteiger partial charge in [-0.05, 0) is 39.2 Å². The van der Waals surface area contributed by atoms with E-state index in [0.717, 1.165) is 31.2 Å². The van der Waals surface area contributed by atoms with Crippen LogP contribution in [0.15, 0.2) is 5.51 Å². The third-order valence-corrected chi connectivity index (χ3v) is 5.71. The van der Waals surface area contributed by atoms with Crippen LogP contribution in [0.4, 0.5) is 0 Å². The van der Waals surface area contributed by atoms with Gasteiger partial charge in [-0.25, -0.2) is 4.98 Å². The van der Waals surface area contributed by atoms with Gasteiger partial charge in [0, 0.05) is 29.5 Å². The molecule has 2 aliphatic rings. The maximum Gasteiger partial charge on any atom is 0.0798 e. The van der Waals surface area contributed by atoms with Crippen molar-refractivity contribution in [2.24, 2.45) is 0 Å². The van der Waals surface area contributed by atoms with Crippen molar-refractivity contribution >= 4 is 11.3 Å². The van der Waals surface area contributed by atoms with E-state index in [0.29, 0.717) is 0 Å². The number of rotatable bonds is 4. The van der Waals surface area contributed by atoms with E-state index in [2.05, 4.69) is 29.0 Å². The number of fused-ring (bicyclic) bond motifs is 2. The summed E-state index contributed by atoms with van der Waals surface area (Å²) >= 11 is 1.82. The molecular weight excluding hydrogens is 254 g/mol. The van der Waals surface area contributed by atoms with Crippen LogP contribution in [0, 0.1) is 6.92 Å². The van der Waals surface area contributed by atoms with Crippen molar-refractivity contribution < 1.29 is 0 Å². The Kier molecular flexibility index (Phi) is 4.20. The van der Waals surface area contributed by atoms with Gasteiger partial charge in [-0.2, -0.15) is 0 Å². The van der Waals surface area contributed by atoms with E-state index in [4.69, 9.17) is 0 Å². The summed E-state index contributed by atoms with van der Waals surface area (Å²) in [5, 5.41) is 3.67. The number of nitrogens with zero attached hydrogens (tertiary/aromatic N) is 2. The average Bonchev–Trinajstić information content (AvgIpc) is 2.76. The van der Waals surface area contributed by atoms with Gasteiger partial charge in [-0.1, -0.05) is 13.3 Å². The molecule has 2 fully saturated rings. The summed E-state index contributed by atoms with van der Waals surface area (Å²) in [5.74, 6) is 0. The first-order valence-corrected chi connectivity index (χ1v) is 8.54. The molecule has 0 aliphatic carbocycles. The summed E-state index contributed by atoms with van der Waals surface area (Å²) in [5.41, 5.74) is 3.23. The van der Waals surface area contributed by atoms with Gasteiger partial charge in [0.25, 0.3) is 0 Å². The number of aromatic nitrogens is 1. The van der Waals surface area contributed by atoms with Crippen molar-refractivity contribution in [3.63, 3.8) is 0 Å². The number of nitrogens with one attached hydrogen (secondary N) is 1. The molecule has 4 heteroatoms. The first-order chi connectivity index (χ1) is 9.28. The minimum absolute atomic E-state index is 0.749. The first kappa shape index (κ1) is 13.5. The summed E-state index contributed by atoms with van der Waals surface area (Å²) in [6.07, 6.45) is 6.86. The molecule has 2 unspecified atom stereocenters. The highest BCUT2D eigenvalue weighted by Crippen LogP contribution is 2.35. The smallest absolute Gasteiger partial charge is 0.0798 e. The topological polar surface area (TPSA) is 28.2 Å². The van der Waals surface area contributed by atoms with E-state index < -0.39 is 0 Å². The van der Waals surface area contributed by atoms with Gasteiger partial charge in [0.05, 0.1) is 11.2 Å². The highest BCUT2D eigenvalue weighted by atomic mass is 32.1. The number of thiazole rings is 1. The van der Waals surface area contributed by atoms with Crippen molar-refractivity contribution in [2.75, 3.05) is 6.54 Å². The minimum atomic E-state index is 0.749. The van der Waals surface area contributed by atoms with E-state index in [1.54, 1.807) is 0 Å². The fourth-order valence-electron chi connectivity index (χ4n) is 3.84. The third kappa shape index (κ3) is 2.86. The highest BCUT2D eigenvalue weighted by Gasteiger charge is 2.38. The lowest BCUT2D eigenvalue weighted by Crippen LogP contribution is -2.55. The zero-order valence-corrected chi connectivity index (χ0v) is 12.9. The van der Waals surface area contributed by atoms with Crippen LogP contribution in [0.5, 0.6) is 0 Å². The van der Waals surface area contributed by atoms with Crippen LogP contribution in [-0.4, -0.2) is 34.6 Å². The molecule has 1 N–H and O–H groups in total. The van der Waals surface area contributed by atoms with Crippen LogP contribution in [-0.2, 0) is 6.54 Å². The predicted molar refractivity (Wildman–Crippen MR) is 80.5 cm³/mol. The summed E-state index contributed by atoms with van der Waals surface area (Å²) in [6.45, 7) is 6.61. The zero-order chi connectivity index (χ0) is 13.2. The third-order valence-electron chi connectivity index (χ3n) is 4.79. The van der Waals surface area contributed by atoms with Gasteiger partial charge in [-0.3, -0.25) is 4.90 Å². The van der Waals surface area contributed by atoms with Crippen LogP contribution in [0.1, 0.15) is 49.6 Å². The van der Waals surface area contributed by atoms with Gasteiger partial charge < -0.3 is 5.32 Å². The molecule has 2 bridgehead atoms. The average molecular weight is 279 g/mol. The second kappa shape index (κ2) is 5.90. The number of piperidine rings is 2. The van der Waals surface area contributed by atoms with Gasteiger partial charge in [0.2, 0.25) is 0 Å². The molecule has 19 heavy (non-hydrogen) atoms. The van der Waals surface area contributed by atoms with Crippen molar-refractivity contribution in [3.05, 3.63) is 16.1 Å². The minimum Gasteiger partial charge on any atom is -0.314 e. The summed E-state index contributed by atoms with van der Waals surface area (Å²) in [7, 11) is 0. The second-order valence-corrected chi connectivity index (χ2v) is 6.94. The Balaban J connectivity index is 1.70. The Bertz CT molecular complexity index is 403. The van der Waals surface area contributed by atoms with Gasteiger partial charge in [0.1, 0.15) is 0 Å². The quantitative estimate of drug-likeness (QED) is 0.918. The molecule has 2 aliphatic heterocycles. The van der Waals surface area contributed by atoms with Crippen molar-refractivity contribution in [1.29, 1.82) is 0 Å². The zero-order valence-electron chi connectivity index (χ0n) is 12.1. The molecule has 3 nitrogen and oxygen atoms in total. The largest absolute Gasteiger partial charge is 0.314 e. The predicted octanol–water partition coefficient (Wildman–Crippen LogP) is 2.95. The summed E-state index contributed by atoms with van der Waals surface area (Å²) in [6, 6.07) is 2.33. The Morgan fingerprint density at radius 1 is 1.37 bits per heavy atom. The number of aryl methyl sites for hydroxylation is 1. The molecule has 0 saturated carbocycles. The molecule has 0 aromatic carbocycles. The fraction of sp³-hybridized carbons (Fsp3) is 0.800. The molecule has 3 rings (SSSR count). The van der Waals surface area contributed by atoms with E-state index in [1.165, 1.54) is 42.7 Å². The maximum atomic E-state index is 4.40. The van der Waals surface area contributed by atoms with Crippen LogP contribution in [0.25, 0.3) is 0 Å². The van der Waals surface area contributed by atoms with E-state index in [-0.39, 0.29) is 0 Å². The SMILES string of the molecule is CCNC1CC2CCCC(C1)N2Cc1scnc1C. The fourth-order valence-corrected chi connectivity index (χ4v) is 4.62. The Hall–Kier alpha value is -0.450. The molecule has 1 aromatic heterocycles. The van der Waals surface area contributed by atoms with Gasteiger partial charge in [0.15, 0.2) is 0 Å². The molecule has 0 radical (unpaired) electrons. The van der Waals surface area contributed by atoms with Crippen LogP contribution >= 0.6 is 11.3 Å². The lowest BCUT2D eigenvalue weighted by Gasteiger charge is -2.49. The van der Waals surface area contributed by atoms with Crippen molar-refractivity contribution in [2.45, 2.75) is 70.6 Å². The molecule has 106 valence electrons. The van der Waals surface area contributed by atoms with Gasteiger partial charge >= 0.3 is 0 Å². The van der Waals surface area contributed by atoms with E-state index in [9.17, 15) is 0 Å². The monoisotopic (exact) mass is 279 g/mol. The molecular formula is C15H25N3S. The number of hydrogen-bond donors (Lipinski definition) is 1. The Morgan fingerprint density at radius 3 is 2.68 bits per heavy atom. The van der Waals surface area contributed by atoms with E-state index in [1.807, 2.05) is 16.8 Å². The van der Waals surface area contributed by atoms with Crippen LogP contribution in [0.3, 0.4) is 0 Å². The standard InChI is InChI=1S/C15H25N3S/c1-3-16-12-7-13-5-4-6-14(8-12)18(13)9-15-11(2)17-10-19-15/h10,12-14,16H,3-9H2,1-2H3. The van der Waals surface area contributed by atoms with E-state index >= 15 is 0 Å². The highest BCUT2D eigenvalue weighted by molar-refractivity contribution is 7.09. The van der Waals surface area contributed by atoms with Crippen molar-refractivity contribution in [1.82, 2.24) is 15.2 Å². The number of hydrogen-bond acceptors (Lipinski definition) is 4. The Morgan fingerprint density at radius 2 is 2.11 bits per heavy atom. The van der Waals surface area contributed by atoms with Crippen LogP contribution in [0.2, 0.25) is 0 Å². The second-order valence-electron chi connectivity index (χ2n) is 6.00. The molecule has 0 spiro atoms. The maximum absolute atomic E-state index is 4.40. The summed E-state index contributed by atoms with van der Waals surface area (Å²) in [4.78, 5) is 8.65. The molecule has 1 aromatic rings. The Labute approximate surface area is 120 Å². The summed E-state index contributed by atoms with van der Waals surface area (Å²) < 4.78 is 0. The van der Waals surface area contributed by atoms with Crippen molar-refractivity contribution in [3.8, 4) is 0 Å². The first-order valence-electron chi connectivity index (χ1n) is 7.66. The van der Waals surface area contributed by atoms with Crippen LogP contribution < -0.4 is 5.32 Å². The lowest BCUT2D eigenvalue weighted by molar-refractivity contribution is 0.0186. The lowest BCUT2D eigenvalue weighted by atomic mass is 9.81.